The summed E-state index contributed by atoms with van der Waals surface area (Å²) < 4.78 is 15.7. The predicted octanol–water partition coefficient (Wildman–Crippen LogP) is 5.03. The summed E-state index contributed by atoms with van der Waals surface area (Å²) in [7, 11) is 0. The number of allylic oxidation sites excluding steroid dienone is 1. The fourth-order valence-corrected chi connectivity index (χ4v) is 3.47. The van der Waals surface area contributed by atoms with Crippen LogP contribution in [-0.2, 0) is 0 Å². The first-order valence-electron chi connectivity index (χ1n) is 8.79. The standard InChI is InChI=1S/C23H14FIN2O2/c24-16-6-9-18(10-7-16)27-22(13-12-21(28)15-4-2-1-3-5-15)26-20-11-8-17(25)14-19(20)23(27)29/h1-14H/b13-12+. The van der Waals surface area contributed by atoms with Crippen molar-refractivity contribution in [3.63, 3.8) is 0 Å². The van der Waals surface area contributed by atoms with Crippen LogP contribution in [0.3, 0.4) is 0 Å². The molecule has 0 unspecified atom stereocenters. The van der Waals surface area contributed by atoms with Crippen molar-refractivity contribution in [2.24, 2.45) is 0 Å². The molecule has 0 aliphatic rings. The van der Waals surface area contributed by atoms with E-state index in [1.54, 1.807) is 36.4 Å². The van der Waals surface area contributed by atoms with Gasteiger partial charge in [-0.15, -0.1) is 0 Å². The van der Waals surface area contributed by atoms with Gasteiger partial charge in [0.2, 0.25) is 0 Å². The topological polar surface area (TPSA) is 52.0 Å². The van der Waals surface area contributed by atoms with Gasteiger partial charge in [0, 0.05) is 9.13 Å². The summed E-state index contributed by atoms with van der Waals surface area (Å²) in [6.07, 6.45) is 2.90. The van der Waals surface area contributed by atoms with E-state index in [1.807, 2.05) is 12.1 Å². The molecule has 0 saturated carbocycles. The summed E-state index contributed by atoms with van der Waals surface area (Å²) in [5, 5.41) is 0.452. The van der Waals surface area contributed by atoms with Crippen LogP contribution in [0, 0.1) is 9.39 Å². The number of hydrogen-bond acceptors (Lipinski definition) is 3. The number of rotatable bonds is 4. The maximum Gasteiger partial charge on any atom is 0.266 e. The van der Waals surface area contributed by atoms with E-state index in [-0.39, 0.29) is 11.3 Å². The molecule has 4 rings (SSSR count). The first-order valence-corrected chi connectivity index (χ1v) is 9.86. The molecule has 142 valence electrons. The molecule has 4 nitrogen and oxygen atoms in total. The van der Waals surface area contributed by atoms with E-state index in [4.69, 9.17) is 0 Å². The van der Waals surface area contributed by atoms with Crippen molar-refractivity contribution in [2.75, 3.05) is 0 Å². The zero-order valence-corrected chi connectivity index (χ0v) is 17.2. The van der Waals surface area contributed by atoms with Gasteiger partial charge in [0.25, 0.3) is 5.56 Å². The molecule has 0 atom stereocenters. The lowest BCUT2D eigenvalue weighted by atomic mass is 10.1. The van der Waals surface area contributed by atoms with Crippen molar-refractivity contribution in [1.29, 1.82) is 0 Å². The number of nitrogens with zero attached hydrogens (tertiary/aromatic N) is 2. The minimum Gasteiger partial charge on any atom is -0.289 e. The number of aromatic nitrogens is 2. The Morgan fingerprint density at radius 3 is 2.45 bits per heavy atom. The average molecular weight is 496 g/mol. The van der Waals surface area contributed by atoms with Gasteiger partial charge in [-0.2, -0.15) is 0 Å². The third kappa shape index (κ3) is 4.02. The van der Waals surface area contributed by atoms with Crippen LogP contribution in [0.15, 0.2) is 83.7 Å². The highest BCUT2D eigenvalue weighted by Gasteiger charge is 2.12. The fourth-order valence-electron chi connectivity index (χ4n) is 2.98. The predicted molar refractivity (Wildman–Crippen MR) is 120 cm³/mol. The normalized spacial score (nSPS) is 11.2. The molecule has 0 saturated heterocycles. The number of carbonyl (C=O) groups excluding carboxylic acids is 1. The third-order valence-electron chi connectivity index (χ3n) is 4.38. The lowest BCUT2D eigenvalue weighted by Crippen LogP contribution is -2.22. The van der Waals surface area contributed by atoms with Gasteiger partial charge in [0.05, 0.1) is 16.6 Å². The molecule has 0 aliphatic carbocycles. The molecule has 29 heavy (non-hydrogen) atoms. The summed E-state index contributed by atoms with van der Waals surface area (Å²) in [6.45, 7) is 0. The van der Waals surface area contributed by atoms with Crippen molar-refractivity contribution in [3.8, 4) is 5.69 Å². The van der Waals surface area contributed by atoms with E-state index in [1.165, 1.54) is 41.0 Å². The van der Waals surface area contributed by atoms with E-state index in [2.05, 4.69) is 27.6 Å². The maximum atomic E-state index is 13.4. The van der Waals surface area contributed by atoms with Crippen molar-refractivity contribution in [3.05, 3.63) is 110 Å². The molecule has 0 aliphatic heterocycles. The summed E-state index contributed by atoms with van der Waals surface area (Å²) in [5.41, 5.74) is 1.25. The number of ketones is 1. The molecule has 1 aromatic heterocycles. The van der Waals surface area contributed by atoms with Gasteiger partial charge in [0.1, 0.15) is 11.6 Å². The van der Waals surface area contributed by atoms with E-state index < -0.39 is 5.82 Å². The van der Waals surface area contributed by atoms with Crippen LogP contribution in [0.4, 0.5) is 4.39 Å². The van der Waals surface area contributed by atoms with Crippen LogP contribution in [0.1, 0.15) is 16.2 Å². The highest BCUT2D eigenvalue weighted by Crippen LogP contribution is 2.17. The molecule has 4 aromatic rings. The third-order valence-corrected chi connectivity index (χ3v) is 5.05. The Labute approximate surface area is 179 Å². The van der Waals surface area contributed by atoms with Crippen molar-refractivity contribution < 1.29 is 9.18 Å². The van der Waals surface area contributed by atoms with Crippen LogP contribution in [0.2, 0.25) is 0 Å². The molecule has 0 fully saturated rings. The van der Waals surface area contributed by atoms with E-state index in [9.17, 15) is 14.0 Å². The minimum absolute atomic E-state index is 0.201. The van der Waals surface area contributed by atoms with Gasteiger partial charge in [-0.3, -0.25) is 14.2 Å². The van der Waals surface area contributed by atoms with Gasteiger partial charge in [-0.05, 0) is 77.2 Å². The van der Waals surface area contributed by atoms with Crippen LogP contribution in [0.25, 0.3) is 22.7 Å². The van der Waals surface area contributed by atoms with E-state index >= 15 is 0 Å². The van der Waals surface area contributed by atoms with Gasteiger partial charge in [-0.1, -0.05) is 30.3 Å². The summed E-state index contributed by atoms with van der Waals surface area (Å²) >= 11 is 2.13. The zero-order chi connectivity index (χ0) is 20.4. The number of fused-ring (bicyclic) bond motifs is 1. The van der Waals surface area contributed by atoms with Gasteiger partial charge < -0.3 is 0 Å². The summed E-state index contributed by atoms with van der Waals surface area (Å²) in [5.74, 6) is -0.311. The van der Waals surface area contributed by atoms with Gasteiger partial charge in [-0.25, -0.2) is 9.37 Å². The van der Waals surface area contributed by atoms with Crippen LogP contribution >= 0.6 is 22.6 Å². The van der Waals surface area contributed by atoms with Gasteiger partial charge >= 0.3 is 0 Å². The number of benzene rings is 3. The van der Waals surface area contributed by atoms with Crippen LogP contribution in [-0.4, -0.2) is 15.3 Å². The Bertz CT molecular complexity index is 1300. The van der Waals surface area contributed by atoms with Crippen molar-refractivity contribution in [1.82, 2.24) is 9.55 Å². The largest absolute Gasteiger partial charge is 0.289 e. The second-order valence-electron chi connectivity index (χ2n) is 6.31. The average Bonchev–Trinajstić information content (AvgIpc) is 2.74. The first-order chi connectivity index (χ1) is 14.0. The van der Waals surface area contributed by atoms with Crippen molar-refractivity contribution in [2.45, 2.75) is 0 Å². The van der Waals surface area contributed by atoms with Crippen molar-refractivity contribution >= 4 is 45.4 Å². The molecular formula is C23H14FIN2O2. The molecule has 0 spiro atoms. The van der Waals surface area contributed by atoms with Gasteiger partial charge in [0.15, 0.2) is 5.78 Å². The monoisotopic (exact) mass is 496 g/mol. The maximum absolute atomic E-state index is 13.4. The Morgan fingerprint density at radius 1 is 1.00 bits per heavy atom. The van der Waals surface area contributed by atoms with E-state index in [0.717, 1.165) is 3.57 Å². The Hall–Kier alpha value is -3.13. The zero-order valence-electron chi connectivity index (χ0n) is 15.0. The lowest BCUT2D eigenvalue weighted by molar-refractivity contribution is 0.104. The highest BCUT2D eigenvalue weighted by molar-refractivity contribution is 14.1. The number of carbonyl (C=O) groups is 1. The molecule has 0 amide bonds. The SMILES string of the molecule is O=C(/C=C/c1nc2ccc(I)cc2c(=O)n1-c1ccc(F)cc1)c1ccccc1. The second-order valence-corrected chi connectivity index (χ2v) is 7.56. The Balaban J connectivity index is 1.89. The van der Waals surface area contributed by atoms with Crippen LogP contribution < -0.4 is 5.56 Å². The molecule has 3 aromatic carbocycles. The molecule has 6 heteroatoms. The second kappa shape index (κ2) is 8.08. The minimum atomic E-state index is -0.401. The Morgan fingerprint density at radius 2 is 1.72 bits per heavy atom. The van der Waals surface area contributed by atoms with Crippen LogP contribution in [0.5, 0.6) is 0 Å². The van der Waals surface area contributed by atoms with E-state index in [0.29, 0.717) is 28.0 Å². The molecule has 0 radical (unpaired) electrons. The molecule has 1 heterocycles. The summed E-state index contributed by atoms with van der Waals surface area (Å²) in [4.78, 5) is 30.2. The first kappa shape index (κ1) is 19.2. The quantitative estimate of drug-likeness (QED) is 0.227. The highest BCUT2D eigenvalue weighted by atomic mass is 127. The smallest absolute Gasteiger partial charge is 0.266 e. The lowest BCUT2D eigenvalue weighted by Gasteiger charge is -2.11. The molecule has 0 bridgehead atoms. The molecular weight excluding hydrogens is 482 g/mol. The summed E-state index contributed by atoms with van der Waals surface area (Å²) in [6, 6.07) is 19.8. The number of hydrogen-bond donors (Lipinski definition) is 0. The molecule has 0 N–H and O–H groups in total. The fraction of sp³-hybridized carbons (Fsp3) is 0. The Kier molecular flexibility index (Phi) is 5.35. The number of halogens is 2.